The van der Waals surface area contributed by atoms with Crippen LogP contribution in [0.15, 0.2) is 65.3 Å². The average Bonchev–Trinajstić information content (AvgIpc) is 2.82. The van der Waals surface area contributed by atoms with Gasteiger partial charge in [0.05, 0.1) is 32.8 Å². The van der Waals surface area contributed by atoms with E-state index in [9.17, 15) is 10.1 Å². The number of ether oxygens (including phenoxy) is 5. The van der Waals surface area contributed by atoms with Crippen molar-refractivity contribution in [2.45, 2.75) is 19.4 Å². The van der Waals surface area contributed by atoms with Gasteiger partial charge >= 0.3 is 5.97 Å². The molecule has 0 spiro atoms. The molecule has 166 valence electrons. The second-order valence-electron chi connectivity index (χ2n) is 6.92. The molecule has 0 bridgehead atoms. The van der Waals surface area contributed by atoms with Gasteiger partial charge in [0.2, 0.25) is 5.88 Å². The Morgan fingerprint density at radius 3 is 2.38 bits per heavy atom. The third-order valence-corrected chi connectivity index (χ3v) is 5.11. The number of nitriles is 1. The van der Waals surface area contributed by atoms with Gasteiger partial charge in [-0.2, -0.15) is 5.26 Å². The standard InChI is InChI=1S/C24H24N2O6/c1-14-21(24(27)30-4)22(19(12-25)23(26)32-14)15-5-6-16(20(11-15)29-3)13-31-18-9-7-17(28-2)8-10-18/h5-11,22H,13,26H2,1-4H3/t22-/m0/s1. The molecule has 0 fully saturated rings. The van der Waals surface area contributed by atoms with Gasteiger partial charge in [-0.15, -0.1) is 0 Å². The van der Waals surface area contributed by atoms with Gasteiger partial charge in [0, 0.05) is 5.56 Å². The lowest BCUT2D eigenvalue weighted by Crippen LogP contribution is -2.25. The molecule has 8 heteroatoms. The number of carbonyl (C=O) groups is 1. The Morgan fingerprint density at radius 2 is 1.78 bits per heavy atom. The highest BCUT2D eigenvalue weighted by Crippen LogP contribution is 2.41. The van der Waals surface area contributed by atoms with Crippen LogP contribution < -0.4 is 19.9 Å². The Bertz CT molecular complexity index is 1110. The number of rotatable bonds is 7. The number of carbonyl (C=O) groups excluding carboxylic acids is 1. The fourth-order valence-corrected chi connectivity index (χ4v) is 3.48. The molecule has 1 heterocycles. The van der Waals surface area contributed by atoms with Crippen LogP contribution in [0.25, 0.3) is 0 Å². The van der Waals surface area contributed by atoms with Crippen LogP contribution >= 0.6 is 0 Å². The second-order valence-corrected chi connectivity index (χ2v) is 6.92. The predicted molar refractivity (Wildman–Crippen MR) is 116 cm³/mol. The Morgan fingerprint density at radius 1 is 1.09 bits per heavy atom. The van der Waals surface area contributed by atoms with Gasteiger partial charge in [-0.3, -0.25) is 0 Å². The smallest absolute Gasteiger partial charge is 0.338 e. The van der Waals surface area contributed by atoms with Crippen LogP contribution in [0.4, 0.5) is 0 Å². The number of benzene rings is 2. The van der Waals surface area contributed by atoms with Crippen molar-refractivity contribution in [2.24, 2.45) is 5.73 Å². The maximum atomic E-state index is 12.5. The van der Waals surface area contributed by atoms with Crippen molar-refractivity contribution >= 4 is 5.97 Å². The summed E-state index contributed by atoms with van der Waals surface area (Å²) >= 11 is 0. The monoisotopic (exact) mass is 436 g/mol. The fourth-order valence-electron chi connectivity index (χ4n) is 3.48. The van der Waals surface area contributed by atoms with Crippen molar-refractivity contribution < 1.29 is 28.5 Å². The number of nitrogens with zero attached hydrogens (tertiary/aromatic N) is 1. The summed E-state index contributed by atoms with van der Waals surface area (Å²) in [6, 6.07) is 14.7. The summed E-state index contributed by atoms with van der Waals surface area (Å²) in [5.74, 6) is 0.847. The van der Waals surface area contributed by atoms with Crippen LogP contribution in [0, 0.1) is 11.3 Å². The van der Waals surface area contributed by atoms with Gasteiger partial charge in [-0.25, -0.2) is 4.79 Å². The Balaban J connectivity index is 1.94. The minimum absolute atomic E-state index is 0.0477. The fraction of sp³-hybridized carbons (Fsp3) is 0.250. The second kappa shape index (κ2) is 9.79. The molecule has 0 aliphatic carbocycles. The van der Waals surface area contributed by atoms with E-state index < -0.39 is 11.9 Å². The van der Waals surface area contributed by atoms with Gasteiger partial charge in [-0.05, 0) is 42.8 Å². The van der Waals surface area contributed by atoms with Crippen LogP contribution in [0.2, 0.25) is 0 Å². The molecule has 0 unspecified atom stereocenters. The van der Waals surface area contributed by atoms with Crippen LogP contribution in [0.5, 0.6) is 17.2 Å². The Hall–Kier alpha value is -4.12. The van der Waals surface area contributed by atoms with Gasteiger partial charge in [0.1, 0.15) is 41.3 Å². The molecule has 3 rings (SSSR count). The molecular formula is C24H24N2O6. The SMILES string of the molecule is COC(=O)C1=C(C)OC(N)=C(C#N)[C@@H]1c1ccc(COc2ccc(OC)cc2)c(OC)c1. The molecular weight excluding hydrogens is 412 g/mol. The normalized spacial score (nSPS) is 15.5. The van der Waals surface area contributed by atoms with E-state index in [1.54, 1.807) is 26.2 Å². The van der Waals surface area contributed by atoms with Crippen molar-refractivity contribution in [3.63, 3.8) is 0 Å². The van der Waals surface area contributed by atoms with Crippen LogP contribution in [-0.4, -0.2) is 27.3 Å². The zero-order chi connectivity index (χ0) is 23.3. The number of hydrogen-bond donors (Lipinski definition) is 1. The van der Waals surface area contributed by atoms with E-state index >= 15 is 0 Å². The van der Waals surface area contributed by atoms with E-state index in [0.29, 0.717) is 17.1 Å². The highest BCUT2D eigenvalue weighted by atomic mass is 16.5. The first-order valence-electron chi connectivity index (χ1n) is 9.73. The Labute approximate surface area is 186 Å². The molecule has 1 aliphatic rings. The summed E-state index contributed by atoms with van der Waals surface area (Å²) in [4.78, 5) is 12.5. The lowest BCUT2D eigenvalue weighted by molar-refractivity contribution is -0.136. The van der Waals surface area contributed by atoms with Crippen LogP contribution in [0.3, 0.4) is 0 Å². The summed E-state index contributed by atoms with van der Waals surface area (Å²) in [6.07, 6.45) is 0. The molecule has 0 saturated carbocycles. The number of methoxy groups -OCH3 is 3. The van der Waals surface area contributed by atoms with E-state index in [4.69, 9.17) is 29.4 Å². The first kappa shape index (κ1) is 22.6. The highest BCUT2D eigenvalue weighted by molar-refractivity contribution is 5.92. The van der Waals surface area contributed by atoms with Gasteiger partial charge in [-0.1, -0.05) is 12.1 Å². The lowest BCUT2D eigenvalue weighted by atomic mass is 9.82. The zero-order valence-electron chi connectivity index (χ0n) is 18.3. The third kappa shape index (κ3) is 4.47. The molecule has 1 aliphatic heterocycles. The minimum atomic E-state index is -0.744. The average molecular weight is 436 g/mol. The molecule has 2 N–H and O–H groups in total. The van der Waals surface area contributed by atoms with Crippen molar-refractivity contribution in [2.75, 3.05) is 21.3 Å². The number of hydrogen-bond acceptors (Lipinski definition) is 8. The Kier molecular flexibility index (Phi) is 6.90. The van der Waals surface area contributed by atoms with E-state index in [1.165, 1.54) is 14.2 Å². The summed E-state index contributed by atoms with van der Waals surface area (Å²) in [7, 11) is 4.41. The van der Waals surface area contributed by atoms with Crippen LogP contribution in [0.1, 0.15) is 24.0 Å². The first-order valence-corrected chi connectivity index (χ1v) is 9.73. The van der Waals surface area contributed by atoms with Crippen molar-refractivity contribution in [1.29, 1.82) is 5.26 Å². The quantitative estimate of drug-likeness (QED) is 0.656. The summed E-state index contributed by atoms with van der Waals surface area (Å²) in [6.45, 7) is 1.86. The number of allylic oxidation sites excluding steroid dienone is 2. The molecule has 2 aromatic carbocycles. The molecule has 2 aromatic rings. The van der Waals surface area contributed by atoms with Crippen molar-refractivity contribution in [1.82, 2.24) is 0 Å². The topological polar surface area (TPSA) is 113 Å². The molecule has 32 heavy (non-hydrogen) atoms. The molecule has 8 nitrogen and oxygen atoms in total. The van der Waals surface area contributed by atoms with E-state index in [0.717, 1.165) is 11.3 Å². The van der Waals surface area contributed by atoms with Crippen molar-refractivity contribution in [3.05, 3.63) is 76.4 Å². The molecule has 0 amide bonds. The van der Waals surface area contributed by atoms with Crippen LogP contribution in [-0.2, 0) is 20.9 Å². The van der Waals surface area contributed by atoms with E-state index in [1.807, 2.05) is 30.3 Å². The van der Waals surface area contributed by atoms with E-state index in [-0.39, 0.29) is 29.4 Å². The molecule has 0 saturated heterocycles. The largest absolute Gasteiger partial charge is 0.497 e. The first-order chi connectivity index (χ1) is 15.4. The van der Waals surface area contributed by atoms with Gasteiger partial charge in [0.25, 0.3) is 0 Å². The maximum Gasteiger partial charge on any atom is 0.338 e. The summed E-state index contributed by atoms with van der Waals surface area (Å²) in [5.41, 5.74) is 7.69. The molecule has 0 aromatic heterocycles. The van der Waals surface area contributed by atoms with Gasteiger partial charge in [0.15, 0.2) is 0 Å². The molecule has 1 atom stereocenters. The van der Waals surface area contributed by atoms with E-state index in [2.05, 4.69) is 6.07 Å². The lowest BCUT2D eigenvalue weighted by Gasteiger charge is -2.27. The molecule has 0 radical (unpaired) electrons. The summed E-state index contributed by atoms with van der Waals surface area (Å²) < 4.78 is 26.9. The number of esters is 1. The third-order valence-electron chi connectivity index (χ3n) is 5.11. The highest BCUT2D eigenvalue weighted by Gasteiger charge is 2.36. The van der Waals surface area contributed by atoms with Crippen molar-refractivity contribution in [3.8, 4) is 23.3 Å². The minimum Gasteiger partial charge on any atom is -0.497 e. The zero-order valence-corrected chi connectivity index (χ0v) is 18.3. The summed E-state index contributed by atoms with van der Waals surface area (Å²) in [5, 5.41) is 9.68. The van der Waals surface area contributed by atoms with Gasteiger partial charge < -0.3 is 29.4 Å². The maximum absolute atomic E-state index is 12.5. The predicted octanol–water partition coefficient (Wildman–Crippen LogP) is 3.54. The number of nitrogens with two attached hydrogens (primary N) is 1.